The summed E-state index contributed by atoms with van der Waals surface area (Å²) in [6.07, 6.45) is 0. The summed E-state index contributed by atoms with van der Waals surface area (Å²) in [7, 11) is 0. The minimum atomic E-state index is 0.568. The van der Waals surface area contributed by atoms with Crippen LogP contribution in [0.15, 0.2) is 209 Å². The Balaban J connectivity index is 1.06. The lowest BCUT2D eigenvalue weighted by Crippen LogP contribution is -2.01. The average Bonchev–Trinajstić information content (AvgIpc) is 3.93. The number of hydrogen-bond acceptors (Lipinski definition) is 5. The van der Waals surface area contributed by atoms with E-state index < -0.39 is 0 Å². The lowest BCUT2D eigenvalue weighted by atomic mass is 9.95. The highest BCUT2D eigenvalue weighted by Crippen LogP contribution is 2.42. The van der Waals surface area contributed by atoms with E-state index in [1.165, 1.54) is 10.8 Å². The number of aromatic nitrogens is 3. The van der Waals surface area contributed by atoms with Crippen molar-refractivity contribution in [2.45, 2.75) is 0 Å². The molecule has 13 rings (SSSR count). The summed E-state index contributed by atoms with van der Waals surface area (Å²) in [6, 6.07) is 69.8. The summed E-state index contributed by atoms with van der Waals surface area (Å²) in [5.74, 6) is 1.72. The summed E-state index contributed by atoms with van der Waals surface area (Å²) in [4.78, 5) is 16.1. The van der Waals surface area contributed by atoms with Gasteiger partial charge in [0.15, 0.2) is 17.5 Å². The van der Waals surface area contributed by atoms with Crippen LogP contribution in [0.2, 0.25) is 0 Å². The molecule has 3 heterocycles. The van der Waals surface area contributed by atoms with Crippen LogP contribution in [0.25, 0.3) is 133 Å². The Hall–Kier alpha value is -8.41. The van der Waals surface area contributed by atoms with Crippen molar-refractivity contribution in [1.29, 1.82) is 0 Å². The molecule has 0 N–H and O–H groups in total. The Bertz CT molecular complexity index is 3950. The molecule has 0 bridgehead atoms. The van der Waals surface area contributed by atoms with Crippen LogP contribution in [0.1, 0.15) is 0 Å². The molecule has 0 saturated heterocycles. The van der Waals surface area contributed by atoms with E-state index in [9.17, 15) is 0 Å². The SMILES string of the molecule is c1cc(-c2nc(-c3cc(-c4cccc5c4oc4c6ccccc6ccc54)cc4ccccc34)nc(-c3cccc4oc5ccccc5c34)n2)cc(-c2cccc3ccccc23)c1. The molecule has 62 heavy (non-hydrogen) atoms. The van der Waals surface area contributed by atoms with Gasteiger partial charge in [0, 0.05) is 49.2 Å². The smallest absolute Gasteiger partial charge is 0.164 e. The molecule has 3 aromatic heterocycles. The quantitative estimate of drug-likeness (QED) is 0.174. The number of hydrogen-bond donors (Lipinski definition) is 0. The molecule has 0 aliphatic rings. The van der Waals surface area contributed by atoms with Crippen LogP contribution in [0, 0.1) is 0 Å². The van der Waals surface area contributed by atoms with Gasteiger partial charge < -0.3 is 8.83 Å². The topological polar surface area (TPSA) is 65.0 Å². The lowest BCUT2D eigenvalue weighted by Gasteiger charge is -2.14. The van der Waals surface area contributed by atoms with Crippen molar-refractivity contribution in [2.75, 3.05) is 0 Å². The van der Waals surface area contributed by atoms with Gasteiger partial charge in [0.05, 0.1) is 0 Å². The van der Waals surface area contributed by atoms with Crippen molar-refractivity contribution in [2.24, 2.45) is 0 Å². The van der Waals surface area contributed by atoms with Gasteiger partial charge in [-0.15, -0.1) is 0 Å². The molecule has 0 atom stereocenters. The summed E-state index contributed by atoms with van der Waals surface area (Å²) in [6.45, 7) is 0. The Morgan fingerprint density at radius 1 is 0.274 bits per heavy atom. The van der Waals surface area contributed by atoms with Crippen molar-refractivity contribution < 1.29 is 8.83 Å². The van der Waals surface area contributed by atoms with E-state index in [2.05, 4.69) is 170 Å². The first-order valence-corrected chi connectivity index (χ1v) is 20.8. The highest BCUT2D eigenvalue weighted by Gasteiger charge is 2.21. The van der Waals surface area contributed by atoms with Crippen LogP contribution in [0.5, 0.6) is 0 Å². The van der Waals surface area contributed by atoms with Gasteiger partial charge in [0.2, 0.25) is 0 Å². The molecule has 0 aliphatic carbocycles. The Morgan fingerprint density at radius 2 is 0.839 bits per heavy atom. The van der Waals surface area contributed by atoms with E-state index in [1.807, 2.05) is 30.3 Å². The van der Waals surface area contributed by atoms with E-state index >= 15 is 0 Å². The van der Waals surface area contributed by atoms with Crippen LogP contribution in [0.3, 0.4) is 0 Å². The third kappa shape index (κ3) is 5.38. The maximum absolute atomic E-state index is 6.86. The standard InChI is InChI=1S/C57H33N3O2/c1-4-19-40-34(13-1)16-10-23-41(40)37-17-9-18-38(31-37)55-58-56(48-26-12-28-51-52(48)47-22-7-8-27-50(47)61-51)60-57(59-55)49-33-39(32-36-15-3-5-20-42(36)49)44-24-11-25-45-46-30-29-35-14-2-6-21-43(35)53(46)62-54(44)45/h1-33H. The molecule has 0 aliphatic heterocycles. The first kappa shape index (κ1) is 34.5. The fourth-order valence-corrected chi connectivity index (χ4v) is 9.41. The summed E-state index contributed by atoms with van der Waals surface area (Å²) >= 11 is 0. The van der Waals surface area contributed by atoms with E-state index in [1.54, 1.807) is 0 Å². The average molecular weight is 792 g/mol. The molecule has 0 unspecified atom stereocenters. The second-order valence-electron chi connectivity index (χ2n) is 15.9. The fraction of sp³-hybridized carbons (Fsp3) is 0. The second kappa shape index (κ2) is 13.6. The Kier molecular flexibility index (Phi) is 7.54. The van der Waals surface area contributed by atoms with Crippen LogP contribution >= 0.6 is 0 Å². The van der Waals surface area contributed by atoms with E-state index in [-0.39, 0.29) is 0 Å². The zero-order valence-electron chi connectivity index (χ0n) is 33.2. The van der Waals surface area contributed by atoms with Crippen molar-refractivity contribution in [3.05, 3.63) is 200 Å². The van der Waals surface area contributed by atoms with Crippen molar-refractivity contribution >= 4 is 76.2 Å². The highest BCUT2D eigenvalue weighted by atomic mass is 16.3. The molecule has 288 valence electrons. The molecular weight excluding hydrogens is 759 g/mol. The van der Waals surface area contributed by atoms with Crippen LogP contribution in [-0.4, -0.2) is 15.0 Å². The van der Waals surface area contributed by atoms with Gasteiger partial charge in [-0.05, 0) is 80.0 Å². The number of furan rings is 2. The molecular formula is C57H33N3O2. The summed E-state index contributed by atoms with van der Waals surface area (Å²) in [5.41, 5.74) is 10.3. The summed E-state index contributed by atoms with van der Waals surface area (Å²) in [5, 5.41) is 10.9. The maximum Gasteiger partial charge on any atom is 0.164 e. The minimum Gasteiger partial charge on any atom is -0.456 e. The van der Waals surface area contributed by atoms with Gasteiger partial charge in [-0.3, -0.25) is 0 Å². The van der Waals surface area contributed by atoms with Gasteiger partial charge in [-0.2, -0.15) is 0 Å². The molecule has 0 saturated carbocycles. The van der Waals surface area contributed by atoms with E-state index in [4.69, 9.17) is 23.8 Å². The van der Waals surface area contributed by atoms with Gasteiger partial charge in [0.1, 0.15) is 22.3 Å². The number of fused-ring (bicyclic) bond motifs is 10. The normalized spacial score (nSPS) is 11.9. The lowest BCUT2D eigenvalue weighted by molar-refractivity contribution is 0.669. The van der Waals surface area contributed by atoms with Crippen LogP contribution in [-0.2, 0) is 0 Å². The zero-order chi connectivity index (χ0) is 40.7. The van der Waals surface area contributed by atoms with Crippen LogP contribution in [0.4, 0.5) is 0 Å². The van der Waals surface area contributed by atoms with Crippen molar-refractivity contribution in [1.82, 2.24) is 15.0 Å². The predicted octanol–water partition coefficient (Wildman–Crippen LogP) is 15.5. The molecule has 0 fully saturated rings. The third-order valence-electron chi connectivity index (χ3n) is 12.3. The van der Waals surface area contributed by atoms with Gasteiger partial charge >= 0.3 is 0 Å². The van der Waals surface area contributed by atoms with Gasteiger partial charge in [0.25, 0.3) is 0 Å². The molecule has 0 amide bonds. The summed E-state index contributed by atoms with van der Waals surface area (Å²) < 4.78 is 13.2. The Morgan fingerprint density at radius 3 is 1.71 bits per heavy atom. The van der Waals surface area contributed by atoms with Gasteiger partial charge in [-0.1, -0.05) is 164 Å². The number of rotatable bonds is 5. The second-order valence-corrected chi connectivity index (χ2v) is 15.9. The first-order valence-electron chi connectivity index (χ1n) is 20.8. The molecule has 0 spiro atoms. The van der Waals surface area contributed by atoms with Crippen molar-refractivity contribution in [3.63, 3.8) is 0 Å². The van der Waals surface area contributed by atoms with Crippen molar-refractivity contribution in [3.8, 4) is 56.4 Å². The molecule has 5 heteroatoms. The number of nitrogens with zero attached hydrogens (tertiary/aromatic N) is 3. The Labute approximate surface area is 355 Å². The maximum atomic E-state index is 6.86. The fourth-order valence-electron chi connectivity index (χ4n) is 9.41. The van der Waals surface area contributed by atoms with E-state index in [0.29, 0.717) is 17.5 Å². The molecule has 5 nitrogen and oxygen atoms in total. The monoisotopic (exact) mass is 791 g/mol. The van der Waals surface area contributed by atoms with Crippen LogP contribution < -0.4 is 0 Å². The highest BCUT2D eigenvalue weighted by molar-refractivity contribution is 6.18. The number of benzene rings is 10. The number of para-hydroxylation sites is 2. The third-order valence-corrected chi connectivity index (χ3v) is 12.3. The predicted molar refractivity (Wildman–Crippen MR) is 254 cm³/mol. The van der Waals surface area contributed by atoms with Gasteiger partial charge in [-0.25, -0.2) is 15.0 Å². The van der Waals surface area contributed by atoms with E-state index in [0.717, 1.165) is 104 Å². The zero-order valence-corrected chi connectivity index (χ0v) is 33.2. The molecule has 10 aromatic carbocycles. The first-order chi connectivity index (χ1) is 30.7. The minimum absolute atomic E-state index is 0.568. The molecule has 0 radical (unpaired) electrons. The molecule has 13 aromatic rings. The largest absolute Gasteiger partial charge is 0.456 e.